The molecule has 170 valence electrons. The van der Waals surface area contributed by atoms with Crippen molar-refractivity contribution in [2.45, 2.75) is 45.7 Å². The SMILES string of the molecule is CC(C)N1CC2C(C1)C2c1nnc(-c2nn(C(C)C)c3ccccc23)o1.O=C(O)C(=O)O. The Balaban J connectivity index is 0.000000363. The second-order valence-electron chi connectivity index (χ2n) is 8.86. The van der Waals surface area contributed by atoms with Gasteiger partial charge in [-0.15, -0.1) is 10.2 Å². The van der Waals surface area contributed by atoms with Gasteiger partial charge in [-0.1, -0.05) is 18.2 Å². The second-order valence-corrected chi connectivity index (χ2v) is 8.86. The van der Waals surface area contributed by atoms with Crippen molar-refractivity contribution >= 4 is 22.8 Å². The highest BCUT2D eigenvalue weighted by atomic mass is 16.4. The van der Waals surface area contributed by atoms with Crippen LogP contribution in [0, 0.1) is 11.8 Å². The highest BCUT2D eigenvalue weighted by Gasteiger charge is 2.59. The molecule has 2 fully saturated rings. The molecule has 0 spiro atoms. The quantitative estimate of drug-likeness (QED) is 0.586. The average Bonchev–Trinajstić information content (AvgIpc) is 3.19. The number of para-hydroxylation sites is 1. The fourth-order valence-corrected chi connectivity index (χ4v) is 4.45. The molecule has 1 aliphatic carbocycles. The Labute approximate surface area is 184 Å². The summed E-state index contributed by atoms with van der Waals surface area (Å²) in [7, 11) is 0. The van der Waals surface area contributed by atoms with E-state index in [4.69, 9.17) is 29.3 Å². The lowest BCUT2D eigenvalue weighted by atomic mass is 10.2. The zero-order valence-electron chi connectivity index (χ0n) is 18.5. The first-order chi connectivity index (χ1) is 15.2. The van der Waals surface area contributed by atoms with Crippen LogP contribution >= 0.6 is 0 Å². The number of likely N-dealkylation sites (tertiary alicyclic amines) is 1. The second kappa shape index (κ2) is 8.34. The molecule has 2 N–H and O–H groups in total. The van der Waals surface area contributed by atoms with Crippen molar-refractivity contribution in [3.05, 3.63) is 30.2 Å². The number of hydrogen-bond donors (Lipinski definition) is 2. The molecule has 0 amide bonds. The number of piperidine rings is 1. The molecule has 0 radical (unpaired) electrons. The van der Waals surface area contributed by atoms with Gasteiger partial charge in [0.15, 0.2) is 5.69 Å². The number of hydrogen-bond acceptors (Lipinski definition) is 7. The van der Waals surface area contributed by atoms with Crippen molar-refractivity contribution in [1.82, 2.24) is 24.9 Å². The Morgan fingerprint density at radius 2 is 1.62 bits per heavy atom. The topological polar surface area (TPSA) is 135 Å². The maximum absolute atomic E-state index is 9.10. The van der Waals surface area contributed by atoms with Gasteiger partial charge in [0.25, 0.3) is 5.89 Å². The monoisotopic (exact) mass is 441 g/mol. The molecule has 2 aromatic heterocycles. The van der Waals surface area contributed by atoms with E-state index in [0.29, 0.717) is 29.7 Å². The highest BCUT2D eigenvalue weighted by molar-refractivity contribution is 6.27. The molecule has 1 saturated heterocycles. The minimum atomic E-state index is -1.82. The Morgan fingerprint density at radius 1 is 1.00 bits per heavy atom. The van der Waals surface area contributed by atoms with E-state index in [2.05, 4.69) is 54.9 Å². The van der Waals surface area contributed by atoms with Crippen molar-refractivity contribution in [3.8, 4) is 11.6 Å². The van der Waals surface area contributed by atoms with Gasteiger partial charge < -0.3 is 19.5 Å². The summed E-state index contributed by atoms with van der Waals surface area (Å²) in [6.45, 7) is 11.1. The smallest absolute Gasteiger partial charge is 0.414 e. The van der Waals surface area contributed by atoms with E-state index in [-0.39, 0.29) is 6.04 Å². The van der Waals surface area contributed by atoms with Crippen LogP contribution in [0.25, 0.3) is 22.5 Å². The molecule has 2 atom stereocenters. The van der Waals surface area contributed by atoms with E-state index in [9.17, 15) is 0 Å². The lowest BCUT2D eigenvalue weighted by Gasteiger charge is -2.22. The van der Waals surface area contributed by atoms with E-state index < -0.39 is 11.9 Å². The zero-order chi connectivity index (χ0) is 23.2. The van der Waals surface area contributed by atoms with Crippen LogP contribution in [0.4, 0.5) is 0 Å². The van der Waals surface area contributed by atoms with Crippen LogP contribution in [-0.4, -0.2) is 66.2 Å². The Kier molecular flexibility index (Phi) is 5.72. The highest BCUT2D eigenvalue weighted by Crippen LogP contribution is 2.58. The number of benzene rings is 1. The van der Waals surface area contributed by atoms with Crippen molar-refractivity contribution < 1.29 is 24.2 Å². The number of nitrogens with zero attached hydrogens (tertiary/aromatic N) is 5. The molecule has 32 heavy (non-hydrogen) atoms. The molecule has 5 rings (SSSR count). The van der Waals surface area contributed by atoms with Gasteiger partial charge in [0.05, 0.1) is 5.52 Å². The Hall–Kier alpha value is -3.27. The van der Waals surface area contributed by atoms with Crippen LogP contribution in [0.5, 0.6) is 0 Å². The van der Waals surface area contributed by atoms with Gasteiger partial charge in [0, 0.05) is 36.5 Å². The lowest BCUT2D eigenvalue weighted by molar-refractivity contribution is -0.159. The summed E-state index contributed by atoms with van der Waals surface area (Å²) in [5.41, 5.74) is 1.90. The summed E-state index contributed by atoms with van der Waals surface area (Å²) in [6, 6.07) is 9.13. The number of aliphatic carboxylic acids is 2. The van der Waals surface area contributed by atoms with Gasteiger partial charge >= 0.3 is 11.9 Å². The molecule has 2 aliphatic rings. The van der Waals surface area contributed by atoms with E-state index in [0.717, 1.165) is 35.6 Å². The summed E-state index contributed by atoms with van der Waals surface area (Å²) in [5.74, 6) is -0.524. The van der Waals surface area contributed by atoms with Crippen LogP contribution in [0.3, 0.4) is 0 Å². The van der Waals surface area contributed by atoms with Gasteiger partial charge in [-0.2, -0.15) is 5.10 Å². The van der Waals surface area contributed by atoms with Gasteiger partial charge in [0.1, 0.15) is 0 Å². The standard InChI is InChI=1S/C20H25N5O.C2H2O4/c1-11(2)24-9-14-15(10-24)17(14)19-21-22-20(26-19)18-13-7-5-6-8-16(13)25(23-18)12(3)4;3-1(4)2(5)6/h5-8,11-12,14-15,17H,9-10H2,1-4H3;(H,3,4)(H,5,6). The van der Waals surface area contributed by atoms with Crippen molar-refractivity contribution in [2.24, 2.45) is 11.8 Å². The zero-order valence-corrected chi connectivity index (χ0v) is 18.5. The Morgan fingerprint density at radius 3 is 2.19 bits per heavy atom. The van der Waals surface area contributed by atoms with Gasteiger partial charge in [0.2, 0.25) is 5.89 Å². The molecular formula is C22H27N5O5. The summed E-state index contributed by atoms with van der Waals surface area (Å²) in [5, 5.41) is 29.4. The summed E-state index contributed by atoms with van der Waals surface area (Å²) < 4.78 is 8.14. The molecule has 10 heteroatoms. The van der Waals surface area contributed by atoms with Crippen LogP contribution in [0.2, 0.25) is 0 Å². The third-order valence-electron chi connectivity index (χ3n) is 6.17. The maximum atomic E-state index is 9.10. The molecule has 0 bridgehead atoms. The third-order valence-corrected chi connectivity index (χ3v) is 6.17. The van der Waals surface area contributed by atoms with Crippen LogP contribution < -0.4 is 0 Å². The molecular weight excluding hydrogens is 414 g/mol. The summed E-state index contributed by atoms with van der Waals surface area (Å²) in [4.78, 5) is 20.7. The molecule has 3 aromatic rings. The third kappa shape index (κ3) is 3.97. The average molecular weight is 441 g/mol. The molecule has 3 heterocycles. The van der Waals surface area contributed by atoms with Gasteiger partial charge in [-0.05, 0) is 45.6 Å². The number of fused-ring (bicyclic) bond motifs is 2. The first-order valence-corrected chi connectivity index (χ1v) is 10.7. The molecule has 2 unspecified atom stereocenters. The number of carboxylic acid groups (broad SMARTS) is 2. The Bertz CT molecular complexity index is 1130. The number of rotatable bonds is 4. The molecule has 1 aliphatic heterocycles. The van der Waals surface area contributed by atoms with Crippen LogP contribution in [0.1, 0.15) is 45.5 Å². The van der Waals surface area contributed by atoms with Crippen molar-refractivity contribution in [3.63, 3.8) is 0 Å². The first kappa shape index (κ1) is 21.9. The minimum absolute atomic E-state index is 0.279. The summed E-state index contributed by atoms with van der Waals surface area (Å²) in [6.07, 6.45) is 0. The van der Waals surface area contributed by atoms with Crippen LogP contribution in [-0.2, 0) is 9.59 Å². The van der Waals surface area contributed by atoms with E-state index >= 15 is 0 Å². The van der Waals surface area contributed by atoms with Crippen molar-refractivity contribution in [2.75, 3.05) is 13.1 Å². The molecule has 1 saturated carbocycles. The predicted octanol–water partition coefficient (Wildman–Crippen LogP) is 2.88. The predicted molar refractivity (Wildman–Crippen MR) is 115 cm³/mol. The number of carbonyl (C=O) groups is 2. The normalized spacial score (nSPS) is 22.1. The first-order valence-electron chi connectivity index (χ1n) is 10.7. The van der Waals surface area contributed by atoms with E-state index in [1.165, 1.54) is 0 Å². The number of carboxylic acids is 2. The van der Waals surface area contributed by atoms with Gasteiger partial charge in [-0.3, -0.25) is 4.68 Å². The van der Waals surface area contributed by atoms with Gasteiger partial charge in [-0.25, -0.2) is 9.59 Å². The number of aromatic nitrogens is 4. The minimum Gasteiger partial charge on any atom is -0.473 e. The van der Waals surface area contributed by atoms with E-state index in [1.807, 2.05) is 16.8 Å². The molecule has 10 nitrogen and oxygen atoms in total. The van der Waals surface area contributed by atoms with E-state index in [1.54, 1.807) is 0 Å². The van der Waals surface area contributed by atoms with Crippen LogP contribution in [0.15, 0.2) is 28.7 Å². The fraction of sp³-hybridized carbons (Fsp3) is 0.500. The summed E-state index contributed by atoms with van der Waals surface area (Å²) >= 11 is 0. The maximum Gasteiger partial charge on any atom is 0.414 e. The largest absolute Gasteiger partial charge is 0.473 e. The fourth-order valence-electron chi connectivity index (χ4n) is 4.45. The lowest BCUT2D eigenvalue weighted by Crippen LogP contribution is -2.31. The van der Waals surface area contributed by atoms with Crippen molar-refractivity contribution in [1.29, 1.82) is 0 Å². The molecule has 1 aromatic carbocycles.